The van der Waals surface area contributed by atoms with Crippen LogP contribution in [-0.2, 0) is 29.2 Å². The van der Waals surface area contributed by atoms with E-state index >= 15 is 0 Å². The molecule has 3 aromatic rings. The molecule has 9 heteroatoms. The Labute approximate surface area is 214 Å². The van der Waals surface area contributed by atoms with E-state index in [0.717, 1.165) is 17.5 Å². The molecular formula is C27H29ClFN3O4. The van der Waals surface area contributed by atoms with Crippen LogP contribution in [0.3, 0.4) is 0 Å². The molecule has 7 nitrogen and oxygen atoms in total. The summed E-state index contributed by atoms with van der Waals surface area (Å²) in [5.74, 6) is -0.778. The first-order chi connectivity index (χ1) is 17.4. The minimum Gasteiger partial charge on any atom is -0.466 e. The molecule has 1 unspecified atom stereocenters. The first-order valence-electron chi connectivity index (χ1n) is 12.0. The normalized spacial score (nSPS) is 15.8. The summed E-state index contributed by atoms with van der Waals surface area (Å²) in [6.45, 7) is 4.29. The number of nitrogens with zero attached hydrogens (tertiary/aromatic N) is 3. The van der Waals surface area contributed by atoms with Crippen LogP contribution in [0.2, 0.25) is 5.02 Å². The number of benzene rings is 2. The van der Waals surface area contributed by atoms with Crippen LogP contribution in [0.1, 0.15) is 47.3 Å². The largest absolute Gasteiger partial charge is 0.466 e. The van der Waals surface area contributed by atoms with Crippen LogP contribution in [-0.4, -0.2) is 46.4 Å². The second-order valence-corrected chi connectivity index (χ2v) is 9.24. The number of halogens is 2. The summed E-state index contributed by atoms with van der Waals surface area (Å²) >= 11 is 6.38. The number of oxazole rings is 1. The lowest BCUT2D eigenvalue weighted by Crippen LogP contribution is -2.43. The van der Waals surface area contributed by atoms with Crippen LogP contribution in [0.25, 0.3) is 0 Å². The van der Waals surface area contributed by atoms with Gasteiger partial charge < -0.3 is 14.1 Å². The second kappa shape index (κ2) is 12.1. The number of piperidine rings is 1. The molecule has 0 bridgehead atoms. The van der Waals surface area contributed by atoms with Crippen molar-refractivity contribution >= 4 is 23.5 Å². The van der Waals surface area contributed by atoms with Gasteiger partial charge in [-0.2, -0.15) is 0 Å². The van der Waals surface area contributed by atoms with Gasteiger partial charge in [-0.1, -0.05) is 41.9 Å². The molecule has 0 N–H and O–H groups in total. The van der Waals surface area contributed by atoms with Crippen molar-refractivity contribution in [1.29, 1.82) is 0 Å². The van der Waals surface area contributed by atoms with Gasteiger partial charge in [-0.15, -0.1) is 0 Å². The fraction of sp³-hybridized carbons (Fsp3) is 0.370. The highest BCUT2D eigenvalue weighted by Crippen LogP contribution is 2.22. The predicted octanol–water partition coefficient (Wildman–Crippen LogP) is 5.08. The molecule has 0 radical (unpaired) electrons. The Bertz CT molecular complexity index is 1180. The van der Waals surface area contributed by atoms with E-state index in [2.05, 4.69) is 9.88 Å². The smallest absolute Gasteiger partial charge is 0.310 e. The lowest BCUT2D eigenvalue weighted by Gasteiger charge is -2.30. The molecule has 1 amide bonds. The number of aromatic nitrogens is 1. The Morgan fingerprint density at radius 1 is 1.17 bits per heavy atom. The quantitative estimate of drug-likeness (QED) is 0.371. The zero-order valence-corrected chi connectivity index (χ0v) is 20.9. The number of esters is 1. The van der Waals surface area contributed by atoms with E-state index in [1.165, 1.54) is 18.4 Å². The maximum atomic E-state index is 13.4. The van der Waals surface area contributed by atoms with Crippen LogP contribution < -0.4 is 0 Å². The summed E-state index contributed by atoms with van der Waals surface area (Å²) in [7, 11) is 0. The monoisotopic (exact) mass is 513 g/mol. The van der Waals surface area contributed by atoms with Crippen LogP contribution in [0.4, 0.5) is 4.39 Å². The topological polar surface area (TPSA) is 75.9 Å². The number of hydrogen-bond donors (Lipinski definition) is 0. The molecular weight excluding hydrogens is 485 g/mol. The number of ether oxygens (including phenoxy) is 1. The van der Waals surface area contributed by atoms with E-state index in [1.807, 2.05) is 24.3 Å². The highest BCUT2D eigenvalue weighted by Gasteiger charge is 2.31. The first-order valence-corrected chi connectivity index (χ1v) is 12.4. The second-order valence-electron chi connectivity index (χ2n) is 8.83. The van der Waals surface area contributed by atoms with Gasteiger partial charge in [0.25, 0.3) is 5.91 Å². The van der Waals surface area contributed by atoms with Gasteiger partial charge in [-0.3, -0.25) is 14.5 Å². The van der Waals surface area contributed by atoms with Gasteiger partial charge in [0, 0.05) is 31.2 Å². The molecule has 4 rings (SSSR count). The summed E-state index contributed by atoms with van der Waals surface area (Å²) in [6.07, 6.45) is 2.79. The highest BCUT2D eigenvalue weighted by atomic mass is 35.5. The van der Waals surface area contributed by atoms with Crippen molar-refractivity contribution in [3.63, 3.8) is 0 Å². The Morgan fingerprint density at radius 2 is 1.94 bits per heavy atom. The van der Waals surface area contributed by atoms with Crippen molar-refractivity contribution in [2.45, 2.75) is 39.4 Å². The summed E-state index contributed by atoms with van der Waals surface area (Å²) in [5, 5.41) is 0.645. The van der Waals surface area contributed by atoms with Gasteiger partial charge in [0.2, 0.25) is 5.89 Å². The standard InChI is InChI=1S/C27H29ClFN3O4/c1-2-35-27(34)21-7-5-13-32(16-21)26(33)24-18-36-25(30-24)17-31(14-19-9-11-22(29)12-10-19)15-20-6-3-4-8-23(20)28/h3-4,6,8-12,18,21H,2,5,7,13-17H2,1H3. The van der Waals surface area contributed by atoms with Crippen LogP contribution in [0.15, 0.2) is 59.2 Å². The fourth-order valence-corrected chi connectivity index (χ4v) is 4.53. The Hall–Kier alpha value is -3.23. The summed E-state index contributed by atoms with van der Waals surface area (Å²) in [6, 6.07) is 13.9. The van der Waals surface area contributed by atoms with Gasteiger partial charge in [-0.25, -0.2) is 9.37 Å². The molecule has 190 valence electrons. The van der Waals surface area contributed by atoms with Crippen molar-refractivity contribution in [3.8, 4) is 0 Å². The zero-order valence-electron chi connectivity index (χ0n) is 20.2. The molecule has 0 aliphatic carbocycles. The molecule has 1 atom stereocenters. The lowest BCUT2D eigenvalue weighted by molar-refractivity contribution is -0.149. The number of rotatable bonds is 9. The maximum absolute atomic E-state index is 13.4. The molecule has 1 saturated heterocycles. The average Bonchev–Trinajstić information content (AvgIpc) is 3.35. The van der Waals surface area contributed by atoms with Gasteiger partial charge in [0.1, 0.15) is 12.1 Å². The van der Waals surface area contributed by atoms with E-state index < -0.39 is 0 Å². The summed E-state index contributed by atoms with van der Waals surface area (Å²) in [5.41, 5.74) is 2.06. The molecule has 0 spiro atoms. The van der Waals surface area contributed by atoms with E-state index in [4.69, 9.17) is 20.8 Å². The fourth-order valence-electron chi connectivity index (χ4n) is 4.33. The maximum Gasteiger partial charge on any atom is 0.310 e. The number of carbonyl (C=O) groups excluding carboxylic acids is 2. The molecule has 1 aromatic heterocycles. The molecule has 1 fully saturated rings. The van der Waals surface area contributed by atoms with Crippen molar-refractivity contribution in [1.82, 2.24) is 14.8 Å². The van der Waals surface area contributed by atoms with Crippen molar-refractivity contribution < 1.29 is 23.1 Å². The summed E-state index contributed by atoms with van der Waals surface area (Å²) < 4.78 is 24.2. The summed E-state index contributed by atoms with van der Waals surface area (Å²) in [4.78, 5) is 33.3. The van der Waals surface area contributed by atoms with E-state index in [1.54, 1.807) is 24.0 Å². The molecule has 0 saturated carbocycles. The molecule has 1 aliphatic heterocycles. The van der Waals surface area contributed by atoms with E-state index in [-0.39, 0.29) is 29.3 Å². The zero-order chi connectivity index (χ0) is 25.5. The third-order valence-electron chi connectivity index (χ3n) is 6.13. The minimum absolute atomic E-state index is 0.203. The van der Waals surface area contributed by atoms with Crippen LogP contribution in [0.5, 0.6) is 0 Å². The third kappa shape index (κ3) is 6.71. The van der Waals surface area contributed by atoms with E-state index in [0.29, 0.717) is 56.7 Å². The first kappa shape index (κ1) is 25.9. The number of carbonyl (C=O) groups is 2. The van der Waals surface area contributed by atoms with Gasteiger partial charge in [0.15, 0.2) is 5.69 Å². The molecule has 2 heterocycles. The van der Waals surface area contributed by atoms with Crippen molar-refractivity contribution in [2.75, 3.05) is 19.7 Å². The Kier molecular flexibility index (Phi) is 8.72. The number of hydrogen-bond acceptors (Lipinski definition) is 6. The van der Waals surface area contributed by atoms with E-state index in [9.17, 15) is 14.0 Å². The van der Waals surface area contributed by atoms with Crippen LogP contribution in [0, 0.1) is 11.7 Å². The Balaban J connectivity index is 1.46. The number of likely N-dealkylation sites (tertiary alicyclic amines) is 1. The minimum atomic E-state index is -0.323. The van der Waals surface area contributed by atoms with Gasteiger partial charge >= 0.3 is 5.97 Å². The molecule has 36 heavy (non-hydrogen) atoms. The average molecular weight is 514 g/mol. The highest BCUT2D eigenvalue weighted by molar-refractivity contribution is 6.31. The molecule has 2 aromatic carbocycles. The van der Waals surface area contributed by atoms with Crippen molar-refractivity contribution in [2.24, 2.45) is 5.92 Å². The lowest BCUT2D eigenvalue weighted by atomic mass is 9.98. The van der Waals surface area contributed by atoms with Gasteiger partial charge in [0.05, 0.1) is 19.1 Å². The SMILES string of the molecule is CCOC(=O)C1CCCN(C(=O)c2coc(CN(Cc3ccc(F)cc3)Cc3ccccc3Cl)n2)C1. The van der Waals surface area contributed by atoms with Crippen LogP contribution >= 0.6 is 11.6 Å². The number of amides is 1. The third-order valence-corrected chi connectivity index (χ3v) is 6.50. The van der Waals surface area contributed by atoms with Crippen molar-refractivity contribution in [3.05, 3.63) is 88.3 Å². The Morgan fingerprint density at radius 3 is 2.69 bits per heavy atom. The predicted molar refractivity (Wildman–Crippen MR) is 133 cm³/mol. The van der Waals surface area contributed by atoms with Gasteiger partial charge in [-0.05, 0) is 49.1 Å². The molecule has 1 aliphatic rings.